The van der Waals surface area contributed by atoms with E-state index in [9.17, 15) is 12.8 Å². The number of thioether (sulfide) groups is 1. The number of hydrogen-bond donors (Lipinski definition) is 1. The molecule has 0 saturated carbocycles. The highest BCUT2D eigenvalue weighted by Gasteiger charge is 2.26. The van der Waals surface area contributed by atoms with Crippen molar-refractivity contribution in [1.29, 1.82) is 0 Å². The molecular formula is C12H19FN2O2S2. The highest BCUT2D eigenvalue weighted by atomic mass is 32.2. The molecule has 0 radical (unpaired) electrons. The van der Waals surface area contributed by atoms with Crippen LogP contribution in [0.15, 0.2) is 17.0 Å². The van der Waals surface area contributed by atoms with E-state index in [2.05, 4.69) is 0 Å². The third-order valence-electron chi connectivity index (χ3n) is 3.06. The first-order chi connectivity index (χ1) is 8.71. The number of halogens is 1. The van der Waals surface area contributed by atoms with Crippen LogP contribution in [0.5, 0.6) is 0 Å². The molecule has 0 aliphatic heterocycles. The van der Waals surface area contributed by atoms with Crippen LogP contribution in [-0.2, 0) is 10.0 Å². The van der Waals surface area contributed by atoms with Crippen LogP contribution in [0.2, 0.25) is 0 Å². The summed E-state index contributed by atoms with van der Waals surface area (Å²) in [7, 11) is -2.23. The molecule has 0 aromatic heterocycles. The summed E-state index contributed by atoms with van der Waals surface area (Å²) < 4.78 is 39.6. The summed E-state index contributed by atoms with van der Waals surface area (Å²) in [4.78, 5) is -0.108. The maximum Gasteiger partial charge on any atom is 0.243 e. The van der Waals surface area contributed by atoms with Gasteiger partial charge in [-0.2, -0.15) is 16.1 Å². The minimum absolute atomic E-state index is 0.108. The molecule has 1 aromatic carbocycles. The van der Waals surface area contributed by atoms with E-state index in [1.54, 1.807) is 11.8 Å². The van der Waals surface area contributed by atoms with E-state index >= 15 is 0 Å². The number of nitrogens with two attached hydrogens (primary N) is 1. The van der Waals surface area contributed by atoms with Crippen molar-refractivity contribution in [1.82, 2.24) is 4.31 Å². The first-order valence-corrected chi connectivity index (χ1v) is 8.57. The number of benzene rings is 1. The molecule has 0 aliphatic carbocycles. The number of sulfonamides is 1. The molecule has 0 aliphatic rings. The van der Waals surface area contributed by atoms with Crippen LogP contribution in [0.25, 0.3) is 0 Å². The molecule has 1 atom stereocenters. The Balaban J connectivity index is 3.21. The SMILES string of the molecule is CSCC(C)N(C)S(=O)(=O)c1cc(N)c(C)c(F)c1. The predicted molar refractivity (Wildman–Crippen MR) is 78.3 cm³/mol. The van der Waals surface area contributed by atoms with Gasteiger partial charge in [-0.15, -0.1) is 0 Å². The van der Waals surface area contributed by atoms with Gasteiger partial charge in [-0.3, -0.25) is 0 Å². The quantitative estimate of drug-likeness (QED) is 0.846. The summed E-state index contributed by atoms with van der Waals surface area (Å²) >= 11 is 1.55. The maximum absolute atomic E-state index is 13.6. The zero-order chi connectivity index (χ0) is 14.8. The van der Waals surface area contributed by atoms with Gasteiger partial charge in [-0.25, -0.2) is 12.8 Å². The Bertz CT molecular complexity index is 538. The van der Waals surface area contributed by atoms with Crippen molar-refractivity contribution in [3.05, 3.63) is 23.5 Å². The van der Waals surface area contributed by atoms with Crippen LogP contribution in [0.1, 0.15) is 12.5 Å². The number of nitrogen functional groups attached to an aromatic ring is 1. The molecule has 0 saturated heterocycles. The van der Waals surface area contributed by atoms with Gasteiger partial charge < -0.3 is 5.73 Å². The third kappa shape index (κ3) is 3.40. The van der Waals surface area contributed by atoms with Gasteiger partial charge in [-0.1, -0.05) is 0 Å². The van der Waals surface area contributed by atoms with Crippen molar-refractivity contribution >= 4 is 27.5 Å². The Morgan fingerprint density at radius 1 is 1.47 bits per heavy atom. The Kier molecular flexibility index (Phi) is 5.23. The summed E-state index contributed by atoms with van der Waals surface area (Å²) in [5.41, 5.74) is 6.03. The topological polar surface area (TPSA) is 63.4 Å². The van der Waals surface area contributed by atoms with Gasteiger partial charge in [-0.05, 0) is 32.2 Å². The minimum atomic E-state index is -3.72. The number of hydrogen-bond acceptors (Lipinski definition) is 4. The van der Waals surface area contributed by atoms with E-state index in [0.29, 0.717) is 5.75 Å². The van der Waals surface area contributed by atoms with Crippen molar-refractivity contribution in [2.24, 2.45) is 0 Å². The zero-order valence-corrected chi connectivity index (χ0v) is 13.1. The lowest BCUT2D eigenvalue weighted by Gasteiger charge is -2.24. The van der Waals surface area contributed by atoms with Gasteiger partial charge in [0.15, 0.2) is 0 Å². The molecule has 19 heavy (non-hydrogen) atoms. The van der Waals surface area contributed by atoms with E-state index in [-0.39, 0.29) is 22.2 Å². The molecule has 4 nitrogen and oxygen atoms in total. The average Bonchev–Trinajstić information content (AvgIpc) is 2.34. The molecule has 108 valence electrons. The summed E-state index contributed by atoms with van der Waals surface area (Å²) in [6.07, 6.45) is 1.90. The molecule has 0 spiro atoms. The van der Waals surface area contributed by atoms with Crippen LogP contribution in [0.3, 0.4) is 0 Å². The lowest BCUT2D eigenvalue weighted by Crippen LogP contribution is -2.36. The van der Waals surface area contributed by atoms with E-state index in [1.807, 2.05) is 13.2 Å². The monoisotopic (exact) mass is 306 g/mol. The van der Waals surface area contributed by atoms with Crippen molar-refractivity contribution in [2.75, 3.05) is 24.8 Å². The fourth-order valence-electron chi connectivity index (χ4n) is 1.57. The van der Waals surface area contributed by atoms with Crippen molar-refractivity contribution in [2.45, 2.75) is 24.8 Å². The molecule has 0 heterocycles. The minimum Gasteiger partial charge on any atom is -0.398 e. The number of rotatable bonds is 5. The summed E-state index contributed by atoms with van der Waals surface area (Å²) in [5.74, 6) is 0.0593. The lowest BCUT2D eigenvalue weighted by atomic mass is 10.2. The van der Waals surface area contributed by atoms with Gasteiger partial charge in [0.1, 0.15) is 5.82 Å². The van der Waals surface area contributed by atoms with Gasteiger partial charge in [0.05, 0.1) is 4.90 Å². The van der Waals surface area contributed by atoms with Crippen molar-refractivity contribution < 1.29 is 12.8 Å². The predicted octanol–water partition coefficient (Wildman–Crippen LogP) is 2.09. The van der Waals surface area contributed by atoms with Crippen LogP contribution in [0, 0.1) is 12.7 Å². The Hall–Kier alpha value is -0.790. The molecule has 2 N–H and O–H groups in total. The normalized spacial score (nSPS) is 13.8. The van der Waals surface area contributed by atoms with Crippen LogP contribution in [-0.4, -0.2) is 37.8 Å². The van der Waals surface area contributed by atoms with Crippen LogP contribution in [0.4, 0.5) is 10.1 Å². The molecule has 0 fully saturated rings. The maximum atomic E-state index is 13.6. The fraction of sp³-hybridized carbons (Fsp3) is 0.500. The van der Waals surface area contributed by atoms with E-state index in [4.69, 9.17) is 5.73 Å². The standard InChI is InChI=1S/C12H19FN2O2S2/c1-8(7-18-4)15(3)19(16,17)10-5-11(13)9(2)12(14)6-10/h5-6,8H,7,14H2,1-4H3. The van der Waals surface area contributed by atoms with Crippen LogP contribution >= 0.6 is 11.8 Å². The third-order valence-corrected chi connectivity index (χ3v) is 5.83. The second-order valence-electron chi connectivity index (χ2n) is 4.44. The first kappa shape index (κ1) is 16.3. The van der Waals surface area contributed by atoms with E-state index < -0.39 is 15.8 Å². The van der Waals surface area contributed by atoms with Gasteiger partial charge in [0, 0.05) is 30.1 Å². The highest BCUT2D eigenvalue weighted by molar-refractivity contribution is 7.98. The van der Waals surface area contributed by atoms with Crippen molar-refractivity contribution in [3.63, 3.8) is 0 Å². The molecular weight excluding hydrogens is 287 g/mol. The Morgan fingerprint density at radius 3 is 2.53 bits per heavy atom. The molecule has 0 bridgehead atoms. The van der Waals surface area contributed by atoms with E-state index in [0.717, 1.165) is 6.07 Å². The zero-order valence-electron chi connectivity index (χ0n) is 11.5. The largest absolute Gasteiger partial charge is 0.398 e. The second-order valence-corrected chi connectivity index (χ2v) is 7.35. The lowest BCUT2D eigenvalue weighted by molar-refractivity contribution is 0.414. The summed E-state index contributed by atoms with van der Waals surface area (Å²) in [6, 6.07) is 2.14. The smallest absolute Gasteiger partial charge is 0.243 e. The van der Waals surface area contributed by atoms with E-state index in [1.165, 1.54) is 24.3 Å². The average molecular weight is 306 g/mol. The van der Waals surface area contributed by atoms with Crippen molar-refractivity contribution in [3.8, 4) is 0 Å². The summed E-state index contributed by atoms with van der Waals surface area (Å²) in [6.45, 7) is 3.32. The van der Waals surface area contributed by atoms with Gasteiger partial charge in [0.2, 0.25) is 10.0 Å². The van der Waals surface area contributed by atoms with Gasteiger partial charge >= 0.3 is 0 Å². The molecule has 0 amide bonds. The molecule has 7 heteroatoms. The van der Waals surface area contributed by atoms with Gasteiger partial charge in [0.25, 0.3) is 0 Å². The fourth-order valence-corrected chi connectivity index (χ4v) is 3.78. The number of anilines is 1. The Labute approximate surface area is 118 Å². The second kappa shape index (κ2) is 6.11. The molecule has 1 aromatic rings. The van der Waals surface area contributed by atoms with Crippen LogP contribution < -0.4 is 5.73 Å². The molecule has 1 rings (SSSR count). The summed E-state index contributed by atoms with van der Waals surface area (Å²) in [5, 5.41) is 0. The Morgan fingerprint density at radius 2 is 2.05 bits per heavy atom. The number of nitrogens with zero attached hydrogens (tertiary/aromatic N) is 1. The molecule has 1 unspecified atom stereocenters. The first-order valence-electron chi connectivity index (χ1n) is 5.74. The highest BCUT2D eigenvalue weighted by Crippen LogP contribution is 2.24.